The quantitative estimate of drug-likeness (QED) is 0.388. The third-order valence-electron chi connectivity index (χ3n) is 2.00. The first-order valence-electron chi connectivity index (χ1n) is 4.66. The number of carboxylic acid groups (broad SMARTS) is 1. The van der Waals surface area contributed by atoms with Gasteiger partial charge in [-0.25, -0.2) is 0 Å². The molecule has 1 saturated heterocycles. The molecule has 0 bridgehead atoms. The average Bonchev–Trinajstić information content (AvgIpc) is 2.81. The summed E-state index contributed by atoms with van der Waals surface area (Å²) in [5, 5.41) is 12.8. The van der Waals surface area contributed by atoms with E-state index in [0.717, 1.165) is 6.42 Å². The van der Waals surface area contributed by atoms with Crippen molar-refractivity contribution in [2.24, 2.45) is 5.92 Å². The van der Waals surface area contributed by atoms with Gasteiger partial charge in [0, 0.05) is 6.54 Å². The Kier molecular flexibility index (Phi) is 7.23. The minimum absolute atomic E-state index is 0. The van der Waals surface area contributed by atoms with Gasteiger partial charge in [0.15, 0.2) is 6.10 Å². The first-order valence-corrected chi connectivity index (χ1v) is 4.66. The van der Waals surface area contributed by atoms with E-state index in [4.69, 9.17) is 0 Å². The summed E-state index contributed by atoms with van der Waals surface area (Å²) in [5.41, 5.74) is 0. The number of carbonyl (C=O) groups excluding carboxylic acids is 2. The maximum absolute atomic E-state index is 11.2. The standard InChI is InChI=1S/C9H15NO4.K/c1-5(2)3-4-10-8(11)6-7(14-6)9(12)13;/h5-7H,3-4H2,1-2H3,(H,10,11)(H,12,13);/q;+1/p-1. The summed E-state index contributed by atoms with van der Waals surface area (Å²) < 4.78 is 4.62. The number of nitrogens with one attached hydrogen (secondary N) is 1. The first kappa shape index (κ1) is 15.5. The fraction of sp³-hybridized carbons (Fsp3) is 0.778. The van der Waals surface area contributed by atoms with Crippen LogP contribution in [0.4, 0.5) is 0 Å². The normalized spacial score (nSPS) is 23.1. The summed E-state index contributed by atoms with van der Waals surface area (Å²) in [5.74, 6) is -1.18. The summed E-state index contributed by atoms with van der Waals surface area (Å²) in [6, 6.07) is 0. The molecule has 0 saturated carbocycles. The van der Waals surface area contributed by atoms with Gasteiger partial charge >= 0.3 is 51.4 Å². The van der Waals surface area contributed by atoms with Crippen molar-refractivity contribution in [3.63, 3.8) is 0 Å². The number of hydrogen-bond donors (Lipinski definition) is 1. The molecule has 1 aliphatic heterocycles. The third kappa shape index (κ3) is 5.42. The number of rotatable bonds is 5. The van der Waals surface area contributed by atoms with Crippen LogP contribution in [-0.4, -0.2) is 30.6 Å². The van der Waals surface area contributed by atoms with Crippen molar-refractivity contribution < 1.29 is 70.8 Å². The molecule has 1 fully saturated rings. The molecule has 80 valence electrons. The zero-order valence-electron chi connectivity index (χ0n) is 9.28. The Morgan fingerprint density at radius 1 is 1.40 bits per heavy atom. The molecule has 0 aliphatic carbocycles. The summed E-state index contributed by atoms with van der Waals surface area (Å²) in [7, 11) is 0. The van der Waals surface area contributed by atoms with Gasteiger partial charge in [-0.3, -0.25) is 4.79 Å². The van der Waals surface area contributed by atoms with Crippen LogP contribution in [-0.2, 0) is 14.3 Å². The van der Waals surface area contributed by atoms with E-state index in [9.17, 15) is 14.7 Å². The molecule has 0 aromatic heterocycles. The van der Waals surface area contributed by atoms with Gasteiger partial charge in [-0.15, -0.1) is 0 Å². The zero-order chi connectivity index (χ0) is 10.7. The molecule has 1 rings (SSSR count). The minimum atomic E-state index is -1.32. The summed E-state index contributed by atoms with van der Waals surface area (Å²) >= 11 is 0. The number of aliphatic carboxylic acids is 1. The van der Waals surface area contributed by atoms with Crippen LogP contribution in [0.5, 0.6) is 0 Å². The van der Waals surface area contributed by atoms with E-state index < -0.39 is 18.2 Å². The van der Waals surface area contributed by atoms with Crippen molar-refractivity contribution >= 4 is 11.9 Å². The molecule has 1 heterocycles. The van der Waals surface area contributed by atoms with Crippen molar-refractivity contribution in [2.75, 3.05) is 6.54 Å². The predicted octanol–water partition coefficient (Wildman–Crippen LogP) is -4.33. The molecule has 0 radical (unpaired) electrons. The Hall–Kier alpha value is 0.536. The van der Waals surface area contributed by atoms with Crippen LogP contribution in [0.1, 0.15) is 20.3 Å². The molecule has 1 amide bonds. The Morgan fingerprint density at radius 3 is 2.40 bits per heavy atom. The van der Waals surface area contributed by atoms with Gasteiger partial charge in [-0.2, -0.15) is 0 Å². The van der Waals surface area contributed by atoms with Crippen LogP contribution in [0.3, 0.4) is 0 Å². The second-order valence-electron chi connectivity index (χ2n) is 3.77. The topological polar surface area (TPSA) is 81.8 Å². The third-order valence-corrected chi connectivity index (χ3v) is 2.00. The molecule has 1 N–H and O–H groups in total. The number of epoxide rings is 1. The zero-order valence-corrected chi connectivity index (χ0v) is 12.4. The average molecular weight is 239 g/mol. The van der Waals surface area contributed by atoms with Gasteiger partial charge in [-0.1, -0.05) is 13.8 Å². The molecule has 1 aliphatic rings. The van der Waals surface area contributed by atoms with Crippen molar-refractivity contribution in [1.29, 1.82) is 0 Å². The van der Waals surface area contributed by atoms with Crippen LogP contribution in [0.15, 0.2) is 0 Å². The van der Waals surface area contributed by atoms with E-state index in [1.807, 2.05) is 13.8 Å². The van der Waals surface area contributed by atoms with Gasteiger partial charge in [0.25, 0.3) is 5.91 Å². The van der Waals surface area contributed by atoms with Crippen molar-refractivity contribution in [1.82, 2.24) is 5.32 Å². The van der Waals surface area contributed by atoms with E-state index in [1.165, 1.54) is 0 Å². The molecule has 0 spiro atoms. The molecular weight excluding hydrogens is 225 g/mol. The Balaban J connectivity index is 0.00000196. The van der Waals surface area contributed by atoms with Crippen LogP contribution >= 0.6 is 0 Å². The molecule has 6 heteroatoms. The Morgan fingerprint density at radius 2 is 2.00 bits per heavy atom. The van der Waals surface area contributed by atoms with Crippen molar-refractivity contribution in [2.45, 2.75) is 32.5 Å². The van der Waals surface area contributed by atoms with E-state index in [2.05, 4.69) is 10.1 Å². The van der Waals surface area contributed by atoms with Gasteiger partial charge in [0.2, 0.25) is 0 Å². The molecule has 2 atom stereocenters. The van der Waals surface area contributed by atoms with Gasteiger partial charge < -0.3 is 20.0 Å². The number of carbonyl (C=O) groups is 2. The van der Waals surface area contributed by atoms with Crippen LogP contribution in [0.25, 0.3) is 0 Å². The number of ether oxygens (including phenoxy) is 1. The van der Waals surface area contributed by atoms with E-state index in [-0.39, 0.29) is 57.3 Å². The minimum Gasteiger partial charge on any atom is -0.547 e. The maximum Gasteiger partial charge on any atom is 1.00 e. The van der Waals surface area contributed by atoms with E-state index in [1.54, 1.807) is 0 Å². The van der Waals surface area contributed by atoms with E-state index in [0.29, 0.717) is 12.5 Å². The van der Waals surface area contributed by atoms with Gasteiger partial charge in [-0.05, 0) is 12.3 Å². The largest absolute Gasteiger partial charge is 1.00 e. The summed E-state index contributed by atoms with van der Waals surface area (Å²) in [6.45, 7) is 4.64. The van der Waals surface area contributed by atoms with Gasteiger partial charge in [0.05, 0.1) is 5.97 Å². The van der Waals surface area contributed by atoms with Crippen LogP contribution in [0, 0.1) is 5.92 Å². The molecule has 5 nitrogen and oxygen atoms in total. The molecule has 2 unspecified atom stereocenters. The fourth-order valence-electron chi connectivity index (χ4n) is 1.08. The number of amides is 1. The van der Waals surface area contributed by atoms with E-state index >= 15 is 0 Å². The summed E-state index contributed by atoms with van der Waals surface area (Å²) in [6.07, 6.45) is -1.02. The first-order chi connectivity index (χ1) is 6.52. The molecule has 0 aromatic carbocycles. The SMILES string of the molecule is CC(C)CCNC(=O)C1OC1C(=O)[O-].[K+]. The van der Waals surface area contributed by atoms with Crippen LogP contribution in [0.2, 0.25) is 0 Å². The van der Waals surface area contributed by atoms with Gasteiger partial charge in [0.1, 0.15) is 6.10 Å². The molecule has 15 heavy (non-hydrogen) atoms. The van der Waals surface area contributed by atoms with Crippen LogP contribution < -0.4 is 61.8 Å². The number of carboxylic acids is 1. The molecular formula is C9H14KNO4. The van der Waals surface area contributed by atoms with Crippen molar-refractivity contribution in [3.05, 3.63) is 0 Å². The Labute approximate surface area is 131 Å². The molecule has 0 aromatic rings. The Bertz CT molecular complexity index is 244. The smallest absolute Gasteiger partial charge is 0.547 e. The second-order valence-corrected chi connectivity index (χ2v) is 3.77. The second kappa shape index (κ2) is 6.98. The summed E-state index contributed by atoms with van der Waals surface area (Å²) in [4.78, 5) is 21.4. The van der Waals surface area contributed by atoms with Crippen molar-refractivity contribution in [3.8, 4) is 0 Å². The monoisotopic (exact) mass is 239 g/mol. The predicted molar refractivity (Wildman–Crippen MR) is 46.1 cm³/mol. The number of hydrogen-bond acceptors (Lipinski definition) is 4. The maximum atomic E-state index is 11.2. The fourth-order valence-corrected chi connectivity index (χ4v) is 1.08.